The third-order valence-corrected chi connectivity index (χ3v) is 9.79. The van der Waals surface area contributed by atoms with Crippen LogP contribution in [0.4, 0.5) is 0 Å². The van der Waals surface area contributed by atoms with Gasteiger partial charge in [0.15, 0.2) is 0 Å². The summed E-state index contributed by atoms with van der Waals surface area (Å²) in [6.45, 7) is 1.83. The van der Waals surface area contributed by atoms with Gasteiger partial charge >= 0.3 is 0 Å². The highest BCUT2D eigenvalue weighted by molar-refractivity contribution is 8.01. The molecule has 2 heterocycles. The average molecular weight is 435 g/mol. The van der Waals surface area contributed by atoms with Gasteiger partial charge in [-0.1, -0.05) is 48.5 Å². The minimum atomic E-state index is 0.272. The topological polar surface area (TPSA) is 18.5 Å². The van der Waals surface area contributed by atoms with Gasteiger partial charge in [0.2, 0.25) is 0 Å². The van der Waals surface area contributed by atoms with E-state index in [0.29, 0.717) is 12.2 Å². The highest BCUT2D eigenvalue weighted by atomic mass is 32.2. The summed E-state index contributed by atoms with van der Waals surface area (Å²) in [5.74, 6) is 0. The maximum absolute atomic E-state index is 6.23. The van der Waals surface area contributed by atoms with Crippen molar-refractivity contribution in [1.82, 2.24) is 0 Å². The van der Waals surface area contributed by atoms with Gasteiger partial charge in [0, 0.05) is 22.7 Å². The van der Waals surface area contributed by atoms with E-state index in [4.69, 9.17) is 9.47 Å². The number of benzene rings is 2. The molecule has 6 rings (SSSR count). The standard InChI is InChI=1S/C28H34O2S/c1-3-11-23(21(9-1)25-13-5-7-19-29-25)27(15-16-27)31-28(17-18-28)24-12-4-2-10-22(24)26-14-6-8-20-30-26/h1-4,9-12,25-26H,5-8,13-20H2. The lowest BCUT2D eigenvalue weighted by Crippen LogP contribution is -2.19. The molecule has 0 spiro atoms. The maximum Gasteiger partial charge on any atom is 0.0828 e. The molecule has 2 aliphatic heterocycles. The van der Waals surface area contributed by atoms with E-state index < -0.39 is 0 Å². The van der Waals surface area contributed by atoms with Gasteiger partial charge in [-0.05, 0) is 86.5 Å². The summed E-state index contributed by atoms with van der Waals surface area (Å²) in [5, 5.41) is 0. The van der Waals surface area contributed by atoms with Crippen molar-refractivity contribution in [3.63, 3.8) is 0 Å². The average Bonchev–Trinajstić information content (AvgIpc) is 3.79. The molecule has 2 atom stereocenters. The van der Waals surface area contributed by atoms with Crippen LogP contribution in [0.25, 0.3) is 0 Å². The third-order valence-electron chi connectivity index (χ3n) is 7.76. The zero-order valence-electron chi connectivity index (χ0n) is 18.5. The smallest absolute Gasteiger partial charge is 0.0828 e. The molecule has 2 aromatic rings. The predicted octanol–water partition coefficient (Wildman–Crippen LogP) is 7.58. The maximum atomic E-state index is 6.23. The molecule has 0 aromatic heterocycles. The molecular weight excluding hydrogens is 400 g/mol. The summed E-state index contributed by atoms with van der Waals surface area (Å²) in [6.07, 6.45) is 13.1. The highest BCUT2D eigenvalue weighted by Crippen LogP contribution is 2.71. The van der Waals surface area contributed by atoms with Gasteiger partial charge in [-0.3, -0.25) is 0 Å². The van der Waals surface area contributed by atoms with Crippen LogP contribution in [-0.4, -0.2) is 13.2 Å². The number of hydrogen-bond donors (Lipinski definition) is 0. The highest BCUT2D eigenvalue weighted by Gasteiger charge is 2.58. The number of ether oxygens (including phenoxy) is 2. The van der Waals surface area contributed by atoms with Gasteiger partial charge in [-0.25, -0.2) is 0 Å². The van der Waals surface area contributed by atoms with Crippen LogP contribution in [0.1, 0.15) is 98.7 Å². The lowest BCUT2D eigenvalue weighted by atomic mass is 9.94. The van der Waals surface area contributed by atoms with Gasteiger partial charge in [-0.2, -0.15) is 0 Å². The minimum Gasteiger partial charge on any atom is -0.374 e. The summed E-state index contributed by atoms with van der Waals surface area (Å²) in [5.41, 5.74) is 6.05. The van der Waals surface area contributed by atoms with Crippen molar-refractivity contribution in [1.29, 1.82) is 0 Å². The molecule has 0 N–H and O–H groups in total. The molecule has 2 aliphatic carbocycles. The molecule has 2 unspecified atom stereocenters. The van der Waals surface area contributed by atoms with Gasteiger partial charge in [-0.15, -0.1) is 11.8 Å². The van der Waals surface area contributed by atoms with E-state index >= 15 is 0 Å². The fraction of sp³-hybridized carbons (Fsp3) is 0.571. The van der Waals surface area contributed by atoms with E-state index in [9.17, 15) is 0 Å². The fourth-order valence-electron chi connectivity index (χ4n) is 5.81. The summed E-state index contributed by atoms with van der Waals surface area (Å²) >= 11 is 2.28. The monoisotopic (exact) mass is 434 g/mol. The van der Waals surface area contributed by atoms with Crippen LogP contribution in [0.5, 0.6) is 0 Å². The molecule has 31 heavy (non-hydrogen) atoms. The number of thioether (sulfide) groups is 1. The molecule has 2 aromatic carbocycles. The lowest BCUT2D eigenvalue weighted by molar-refractivity contribution is 0.0143. The number of hydrogen-bond acceptors (Lipinski definition) is 3. The molecule has 3 heteroatoms. The molecule has 4 fully saturated rings. The Morgan fingerprint density at radius 1 is 0.613 bits per heavy atom. The summed E-state index contributed by atoms with van der Waals surface area (Å²) < 4.78 is 13.0. The second kappa shape index (κ2) is 8.24. The fourth-order valence-corrected chi connectivity index (χ4v) is 7.76. The van der Waals surface area contributed by atoms with Crippen molar-refractivity contribution in [3.05, 3.63) is 70.8 Å². The molecule has 0 bridgehead atoms. The van der Waals surface area contributed by atoms with Crippen LogP contribution in [0, 0.1) is 0 Å². The first kappa shape index (κ1) is 20.3. The molecule has 0 amide bonds. The van der Waals surface area contributed by atoms with Crippen molar-refractivity contribution < 1.29 is 9.47 Å². The Hall–Kier alpha value is -1.29. The summed E-state index contributed by atoms with van der Waals surface area (Å²) in [4.78, 5) is 0. The van der Waals surface area contributed by atoms with Crippen LogP contribution < -0.4 is 0 Å². The third kappa shape index (κ3) is 3.87. The lowest BCUT2D eigenvalue weighted by Gasteiger charge is -2.32. The Morgan fingerprint density at radius 2 is 1.06 bits per heavy atom. The normalized spacial score (nSPS) is 28.8. The molecule has 164 valence electrons. The van der Waals surface area contributed by atoms with Crippen LogP contribution >= 0.6 is 11.8 Å². The van der Waals surface area contributed by atoms with Crippen LogP contribution in [0.3, 0.4) is 0 Å². The summed E-state index contributed by atoms with van der Waals surface area (Å²) in [6, 6.07) is 18.4. The first-order valence-electron chi connectivity index (χ1n) is 12.4. The van der Waals surface area contributed by atoms with Crippen LogP contribution in [0.2, 0.25) is 0 Å². The molecule has 2 saturated carbocycles. The number of rotatable bonds is 6. The van der Waals surface area contributed by atoms with Crippen LogP contribution in [0.15, 0.2) is 48.5 Å². The first-order valence-corrected chi connectivity index (χ1v) is 13.2. The molecule has 4 aliphatic rings. The second-order valence-corrected chi connectivity index (χ2v) is 11.7. The van der Waals surface area contributed by atoms with Crippen LogP contribution in [-0.2, 0) is 19.0 Å². The Labute approximate surface area is 191 Å². The first-order chi connectivity index (χ1) is 15.3. The van der Waals surface area contributed by atoms with Crippen molar-refractivity contribution >= 4 is 11.8 Å². The van der Waals surface area contributed by atoms with E-state index in [0.717, 1.165) is 13.2 Å². The SMILES string of the molecule is c1ccc(C2(SC3(c4ccccc4C4CCCCO4)CC3)CC2)c(C2CCCCO2)c1. The van der Waals surface area contributed by atoms with E-state index in [1.807, 2.05) is 0 Å². The summed E-state index contributed by atoms with van der Waals surface area (Å²) in [7, 11) is 0. The quantitative estimate of drug-likeness (QED) is 0.467. The van der Waals surface area contributed by atoms with Gasteiger partial charge in [0.25, 0.3) is 0 Å². The molecular formula is C28H34O2S. The molecule has 2 saturated heterocycles. The van der Waals surface area contributed by atoms with E-state index in [2.05, 4.69) is 60.3 Å². The van der Waals surface area contributed by atoms with Gasteiger partial charge in [0.05, 0.1) is 12.2 Å². The van der Waals surface area contributed by atoms with Gasteiger partial charge < -0.3 is 9.47 Å². The van der Waals surface area contributed by atoms with E-state index in [-0.39, 0.29) is 9.49 Å². The Balaban J connectivity index is 1.31. The largest absolute Gasteiger partial charge is 0.374 e. The van der Waals surface area contributed by atoms with Crippen molar-refractivity contribution in [2.75, 3.05) is 13.2 Å². The zero-order valence-corrected chi connectivity index (χ0v) is 19.3. The Bertz CT molecular complexity index is 843. The Kier molecular flexibility index (Phi) is 5.41. The Morgan fingerprint density at radius 3 is 1.45 bits per heavy atom. The van der Waals surface area contributed by atoms with Crippen molar-refractivity contribution in [2.45, 2.75) is 85.9 Å². The van der Waals surface area contributed by atoms with Gasteiger partial charge in [0.1, 0.15) is 0 Å². The van der Waals surface area contributed by atoms with E-state index in [1.54, 1.807) is 11.1 Å². The minimum absolute atomic E-state index is 0.272. The van der Waals surface area contributed by atoms with Crippen molar-refractivity contribution in [3.8, 4) is 0 Å². The van der Waals surface area contributed by atoms with Crippen molar-refractivity contribution in [2.24, 2.45) is 0 Å². The van der Waals surface area contributed by atoms with E-state index in [1.165, 1.54) is 75.3 Å². The molecule has 0 radical (unpaired) electrons. The second-order valence-electron chi connectivity index (χ2n) is 9.98. The predicted molar refractivity (Wildman–Crippen MR) is 127 cm³/mol. The molecule has 2 nitrogen and oxygen atoms in total. The zero-order chi connectivity index (χ0) is 20.7.